The molecule has 0 N–H and O–H groups in total. The fraction of sp³-hybridized carbons (Fsp3) is 0.143. The van der Waals surface area contributed by atoms with Crippen LogP contribution in [-0.4, -0.2) is 12.6 Å². The predicted molar refractivity (Wildman–Crippen MR) is 71.5 cm³/mol. The van der Waals surface area contributed by atoms with E-state index in [1.165, 1.54) is 12.1 Å². The smallest absolute Gasteiger partial charge is 0.212 e. The molecule has 1 aromatic carbocycles. The molecule has 0 atom stereocenters. The van der Waals surface area contributed by atoms with Crippen LogP contribution >= 0.6 is 59.7 Å². The molecule has 0 fully saturated rings. The average molecular weight is 373 g/mol. The predicted octanol–water partition coefficient (Wildman–Crippen LogP) is 4.40. The number of hydrogen-bond acceptors (Lipinski definition) is 3. The second-order valence-corrected chi connectivity index (χ2v) is 8.80. The standard InChI is InChI=1S/C6H5BrO2S.CHCl3S/c7-10(8,9)6-4-2-1-3-5-6;2-1(3)5-4/h1-5H;1H. The number of benzene rings is 1. The lowest BCUT2D eigenvalue weighted by molar-refractivity contribution is 0.611. The topological polar surface area (TPSA) is 34.1 Å². The van der Waals surface area contributed by atoms with E-state index in [9.17, 15) is 8.42 Å². The van der Waals surface area contributed by atoms with Gasteiger partial charge >= 0.3 is 0 Å². The van der Waals surface area contributed by atoms with Crippen molar-refractivity contribution in [1.29, 1.82) is 0 Å². The molecule has 0 aliphatic heterocycles. The zero-order chi connectivity index (χ0) is 11.9. The molecular weight excluding hydrogens is 366 g/mol. The van der Waals surface area contributed by atoms with Crippen LogP contribution in [-0.2, 0) is 8.27 Å². The zero-order valence-corrected chi connectivity index (χ0v) is 12.6. The summed E-state index contributed by atoms with van der Waals surface area (Å²) in [6.45, 7) is 0. The molecule has 0 bridgehead atoms. The molecule has 0 aliphatic carbocycles. The third-order valence-corrected chi connectivity index (χ3v) is 4.80. The van der Waals surface area contributed by atoms with Crippen molar-refractivity contribution in [3.63, 3.8) is 0 Å². The van der Waals surface area contributed by atoms with Crippen LogP contribution in [0.25, 0.3) is 0 Å². The van der Waals surface area contributed by atoms with E-state index < -0.39 is 12.4 Å². The maximum absolute atomic E-state index is 10.7. The molecule has 15 heavy (non-hydrogen) atoms. The van der Waals surface area contributed by atoms with Gasteiger partial charge in [-0.15, -0.1) is 0 Å². The summed E-state index contributed by atoms with van der Waals surface area (Å²) in [7, 11) is 2.68. The highest BCUT2D eigenvalue weighted by molar-refractivity contribution is 9.47. The van der Waals surface area contributed by atoms with Crippen molar-refractivity contribution in [2.45, 2.75) is 9.06 Å². The van der Waals surface area contributed by atoms with Crippen molar-refractivity contribution < 1.29 is 8.42 Å². The average Bonchev–Trinajstić information content (AvgIpc) is 2.19. The highest BCUT2D eigenvalue weighted by Gasteiger charge is 2.05. The van der Waals surface area contributed by atoms with Crippen LogP contribution in [0.3, 0.4) is 0 Å². The molecule has 0 spiro atoms. The van der Waals surface area contributed by atoms with Gasteiger partial charge in [0.2, 0.25) is 8.27 Å². The van der Waals surface area contributed by atoms with E-state index >= 15 is 0 Å². The lowest BCUT2D eigenvalue weighted by atomic mass is 10.4. The summed E-state index contributed by atoms with van der Waals surface area (Å²) in [6, 6.07) is 8.18. The van der Waals surface area contributed by atoms with Crippen LogP contribution in [0.5, 0.6) is 0 Å². The first kappa shape index (κ1) is 15.9. The van der Waals surface area contributed by atoms with Gasteiger partial charge in [-0.05, 0) is 33.8 Å². The Hall–Kier alpha value is 0.870. The fourth-order valence-electron chi connectivity index (χ4n) is 0.583. The molecule has 1 aromatic rings. The van der Waals surface area contributed by atoms with Crippen molar-refractivity contribution in [3.8, 4) is 0 Å². The molecule has 86 valence electrons. The Labute approximate surface area is 115 Å². The summed E-state index contributed by atoms with van der Waals surface area (Å²) in [6.07, 6.45) is 0. The monoisotopic (exact) mass is 370 g/mol. The van der Waals surface area contributed by atoms with Crippen LogP contribution < -0.4 is 0 Å². The first-order chi connectivity index (χ1) is 6.88. The molecule has 0 amide bonds. The Morgan fingerprint density at radius 1 is 1.20 bits per heavy atom. The largest absolute Gasteiger partial charge is 0.237 e. The second kappa shape index (κ2) is 8.03. The van der Waals surface area contributed by atoms with Gasteiger partial charge in [-0.2, -0.15) is 0 Å². The van der Waals surface area contributed by atoms with Crippen LogP contribution in [0.4, 0.5) is 0 Å². The normalized spacial score (nSPS) is 10.7. The summed E-state index contributed by atoms with van der Waals surface area (Å²) in [4.78, 5) is 0.287. The Morgan fingerprint density at radius 3 is 1.80 bits per heavy atom. The number of hydrogen-bond donors (Lipinski definition) is 0. The van der Waals surface area contributed by atoms with E-state index in [-0.39, 0.29) is 4.90 Å². The third-order valence-electron chi connectivity index (χ3n) is 1.09. The molecule has 0 saturated heterocycles. The van der Waals surface area contributed by atoms with Crippen LogP contribution in [0.15, 0.2) is 35.2 Å². The molecule has 0 saturated carbocycles. The second-order valence-electron chi connectivity index (χ2n) is 2.10. The minimum absolute atomic E-state index is 0.287. The van der Waals surface area contributed by atoms with Crippen molar-refractivity contribution in [2.24, 2.45) is 0 Å². The lowest BCUT2D eigenvalue weighted by Crippen LogP contribution is -1.86. The molecule has 0 radical (unpaired) electrons. The third kappa shape index (κ3) is 8.65. The molecule has 0 unspecified atom stereocenters. The molecular formula is C7H6BrCl3O2S2. The van der Waals surface area contributed by atoms with Crippen LogP contribution in [0.2, 0.25) is 0 Å². The maximum Gasteiger partial charge on any atom is 0.237 e. The van der Waals surface area contributed by atoms with Gasteiger partial charge in [0.25, 0.3) is 0 Å². The van der Waals surface area contributed by atoms with E-state index in [4.69, 9.17) is 33.9 Å². The summed E-state index contributed by atoms with van der Waals surface area (Å²) in [5, 5.41) is 0. The molecule has 8 heteroatoms. The number of halogens is 4. The quantitative estimate of drug-likeness (QED) is 0.570. The SMILES string of the molecule is ClSC(Cl)Cl.O=S(=O)(Br)c1ccccc1. The summed E-state index contributed by atoms with van der Waals surface area (Å²) < 4.78 is 21.0. The van der Waals surface area contributed by atoms with Gasteiger partial charge in [0.1, 0.15) is 0 Å². The van der Waals surface area contributed by atoms with Gasteiger partial charge in [-0.1, -0.05) is 41.4 Å². The Bertz CT molecular complexity index is 369. The highest BCUT2D eigenvalue weighted by Crippen LogP contribution is 2.21. The van der Waals surface area contributed by atoms with Crippen LogP contribution in [0, 0.1) is 0 Å². The minimum atomic E-state index is -3.19. The van der Waals surface area contributed by atoms with E-state index in [1.54, 1.807) is 18.2 Å². The zero-order valence-electron chi connectivity index (χ0n) is 7.11. The molecule has 1 rings (SSSR count). The maximum atomic E-state index is 10.7. The number of rotatable bonds is 2. The van der Waals surface area contributed by atoms with Gasteiger partial charge in [0.15, 0.2) is 4.17 Å². The lowest BCUT2D eigenvalue weighted by Gasteiger charge is -1.91. The fourth-order valence-corrected chi connectivity index (χ4v) is 1.71. The van der Waals surface area contributed by atoms with Crippen LogP contribution in [0.1, 0.15) is 0 Å². The number of alkyl halides is 2. The van der Waals surface area contributed by atoms with Gasteiger partial charge in [-0.3, -0.25) is 0 Å². The van der Waals surface area contributed by atoms with Crippen molar-refractivity contribution >= 4 is 67.9 Å². The van der Waals surface area contributed by atoms with Crippen molar-refractivity contribution in [3.05, 3.63) is 30.3 Å². The Kier molecular flexibility index (Phi) is 8.50. The van der Waals surface area contributed by atoms with E-state index in [2.05, 4.69) is 14.8 Å². The van der Waals surface area contributed by atoms with E-state index in [1.807, 2.05) is 0 Å². The van der Waals surface area contributed by atoms with E-state index in [0.717, 1.165) is 11.0 Å². The molecule has 0 heterocycles. The van der Waals surface area contributed by atoms with Crippen molar-refractivity contribution in [2.75, 3.05) is 0 Å². The van der Waals surface area contributed by atoms with Gasteiger partial charge in [0.05, 0.1) is 19.7 Å². The summed E-state index contributed by atoms with van der Waals surface area (Å²) in [5.74, 6) is 0. The van der Waals surface area contributed by atoms with Crippen molar-refractivity contribution in [1.82, 2.24) is 0 Å². The highest BCUT2D eigenvalue weighted by atomic mass is 79.9. The van der Waals surface area contributed by atoms with E-state index in [0.29, 0.717) is 0 Å². The van der Waals surface area contributed by atoms with Gasteiger partial charge < -0.3 is 0 Å². The molecule has 2 nitrogen and oxygen atoms in total. The minimum Gasteiger partial charge on any atom is -0.212 e. The Morgan fingerprint density at radius 2 is 1.60 bits per heavy atom. The molecule has 0 aliphatic rings. The Balaban J connectivity index is 0.000000336. The first-order valence-corrected chi connectivity index (χ1v) is 9.33. The van der Waals surface area contributed by atoms with Gasteiger partial charge in [-0.25, -0.2) is 8.42 Å². The summed E-state index contributed by atoms with van der Waals surface area (Å²) >= 11 is 12.7. The summed E-state index contributed by atoms with van der Waals surface area (Å²) in [5.41, 5.74) is 0. The molecule has 0 aromatic heterocycles. The first-order valence-electron chi connectivity index (χ1n) is 3.43. The van der Waals surface area contributed by atoms with Gasteiger partial charge in [0, 0.05) is 0 Å².